The molecule has 0 aromatic heterocycles. The normalized spacial score (nSPS) is 10.0. The summed E-state index contributed by atoms with van der Waals surface area (Å²) in [5.41, 5.74) is 0. The molecule has 0 fully saturated rings. The van der Waals surface area contributed by atoms with E-state index in [1.807, 2.05) is 0 Å². The van der Waals surface area contributed by atoms with Crippen molar-refractivity contribution in [3.8, 4) is 0 Å². The van der Waals surface area contributed by atoms with Gasteiger partial charge in [0.25, 0.3) is 0 Å². The molecule has 0 spiro atoms. The molecule has 0 radical (unpaired) electrons. The van der Waals surface area contributed by atoms with Gasteiger partial charge in [0.2, 0.25) is 0 Å². The minimum atomic E-state index is -1.75. The van der Waals surface area contributed by atoms with Gasteiger partial charge in [-0.15, -0.1) is 0 Å². The molecule has 0 aromatic carbocycles. The topological polar surface area (TPSA) is 80.9 Å². The number of rotatable bonds is 6. The molecule has 6 heteroatoms. The number of hydrogen-bond acceptors (Lipinski definition) is 4. The quantitative estimate of drug-likeness (QED) is 0.459. The van der Waals surface area contributed by atoms with Gasteiger partial charge in [-0.1, -0.05) is 40.0 Å². The molecule has 0 aliphatic carbocycles. The summed E-state index contributed by atoms with van der Waals surface area (Å²) < 4.78 is 0. The van der Waals surface area contributed by atoms with Crippen LogP contribution < -0.4 is 0 Å². The summed E-state index contributed by atoms with van der Waals surface area (Å²) in [6, 6.07) is 3.32. The average Bonchev–Trinajstić information content (AvgIpc) is 2.26. The maximum absolute atomic E-state index is 10.2. The first-order chi connectivity index (χ1) is 10.4. The SMILES string of the molecule is CC(C)O.CC(C)O.CC(C)O.CCC[Si](O)(CCC)CCC.[Zr]. The van der Waals surface area contributed by atoms with E-state index in [2.05, 4.69) is 20.8 Å². The Balaban J connectivity index is -0.0000000772. The van der Waals surface area contributed by atoms with E-state index in [4.69, 9.17) is 15.3 Å². The molecule has 0 rings (SSSR count). The standard InChI is InChI=1S/C9H22OSi.3C3H8O.Zr/c1-4-7-11(10,8-5-2)9-6-3;3*1-3(2)4;/h10H,4-9H2,1-3H3;3*3-4H,1-2H3;. The first-order valence-corrected chi connectivity index (χ1v) is 11.7. The second kappa shape index (κ2) is 26.2. The summed E-state index contributed by atoms with van der Waals surface area (Å²) in [7, 11) is -1.75. The van der Waals surface area contributed by atoms with Gasteiger partial charge in [-0.05, 0) is 59.7 Å². The molecule has 0 aliphatic rings. The van der Waals surface area contributed by atoms with Crippen molar-refractivity contribution in [3.05, 3.63) is 0 Å². The van der Waals surface area contributed by atoms with Crippen molar-refractivity contribution >= 4 is 8.32 Å². The summed E-state index contributed by atoms with van der Waals surface area (Å²) in [4.78, 5) is 10.2. The van der Waals surface area contributed by atoms with E-state index < -0.39 is 8.32 Å². The van der Waals surface area contributed by atoms with E-state index in [1.54, 1.807) is 41.5 Å². The van der Waals surface area contributed by atoms with Gasteiger partial charge in [0.1, 0.15) is 0 Å². The summed E-state index contributed by atoms with van der Waals surface area (Å²) in [6.07, 6.45) is 2.97. The van der Waals surface area contributed by atoms with Gasteiger partial charge in [0, 0.05) is 44.5 Å². The van der Waals surface area contributed by atoms with Crippen LogP contribution in [0.2, 0.25) is 18.1 Å². The van der Waals surface area contributed by atoms with E-state index in [0.717, 1.165) is 37.4 Å². The first-order valence-electron chi connectivity index (χ1n) is 9.14. The predicted molar refractivity (Wildman–Crippen MR) is 105 cm³/mol. The van der Waals surface area contributed by atoms with Crippen LogP contribution in [0, 0.1) is 0 Å². The van der Waals surface area contributed by atoms with Crippen LogP contribution in [-0.2, 0) is 26.2 Å². The molecular weight excluding hydrogens is 400 g/mol. The van der Waals surface area contributed by atoms with E-state index in [9.17, 15) is 4.80 Å². The molecule has 0 unspecified atom stereocenters. The third-order valence-electron chi connectivity index (χ3n) is 2.15. The van der Waals surface area contributed by atoms with Gasteiger partial charge in [-0.25, -0.2) is 0 Å². The van der Waals surface area contributed by atoms with Crippen LogP contribution in [0.3, 0.4) is 0 Å². The minimum absolute atomic E-state index is 0. The number of hydrogen-bond donors (Lipinski definition) is 4. The zero-order chi connectivity index (χ0) is 19.5. The molecule has 0 saturated carbocycles. The van der Waals surface area contributed by atoms with E-state index in [-0.39, 0.29) is 44.5 Å². The Morgan fingerprint density at radius 3 is 0.792 bits per heavy atom. The molecule has 0 atom stereocenters. The fraction of sp³-hybridized carbons (Fsp3) is 1.00. The Morgan fingerprint density at radius 2 is 0.708 bits per heavy atom. The molecule has 4 nitrogen and oxygen atoms in total. The summed E-state index contributed by atoms with van der Waals surface area (Å²) in [6.45, 7) is 16.8. The van der Waals surface area contributed by atoms with Gasteiger partial charge in [-0.2, -0.15) is 0 Å². The Labute approximate surface area is 172 Å². The van der Waals surface area contributed by atoms with Crippen molar-refractivity contribution in [1.82, 2.24) is 0 Å². The number of aliphatic hydroxyl groups excluding tert-OH is 3. The van der Waals surface area contributed by atoms with E-state index in [1.165, 1.54) is 0 Å². The van der Waals surface area contributed by atoms with E-state index in [0.29, 0.717) is 0 Å². The van der Waals surface area contributed by atoms with Gasteiger partial charge < -0.3 is 20.1 Å². The summed E-state index contributed by atoms with van der Waals surface area (Å²) in [5, 5.41) is 24.2. The van der Waals surface area contributed by atoms with Crippen molar-refractivity contribution in [2.24, 2.45) is 0 Å². The maximum atomic E-state index is 10.2. The predicted octanol–water partition coefficient (Wildman–Crippen LogP) is 4.31. The van der Waals surface area contributed by atoms with Crippen molar-refractivity contribution < 1.29 is 46.3 Å². The second-order valence-electron chi connectivity index (χ2n) is 6.76. The fourth-order valence-electron chi connectivity index (χ4n) is 1.77. The molecule has 0 heterocycles. The van der Waals surface area contributed by atoms with Crippen molar-refractivity contribution in [2.45, 2.75) is 118 Å². The van der Waals surface area contributed by atoms with Crippen molar-refractivity contribution in [1.29, 1.82) is 0 Å². The molecule has 0 aliphatic heterocycles. The average molecular weight is 446 g/mol. The second-order valence-corrected chi connectivity index (χ2v) is 10.7. The fourth-order valence-corrected chi connectivity index (χ4v) is 5.31. The van der Waals surface area contributed by atoms with Crippen molar-refractivity contribution in [2.75, 3.05) is 0 Å². The molecular formula is C18H46O4SiZr. The Hall–Kier alpha value is 0.940. The summed E-state index contributed by atoms with van der Waals surface area (Å²) in [5.74, 6) is 0. The molecule has 150 valence electrons. The number of aliphatic hydroxyl groups is 3. The van der Waals surface area contributed by atoms with Crippen LogP contribution in [0.1, 0.15) is 81.6 Å². The van der Waals surface area contributed by atoms with Gasteiger partial charge in [0.15, 0.2) is 8.32 Å². The molecule has 24 heavy (non-hydrogen) atoms. The Kier molecular flexibility index (Phi) is 39.2. The third kappa shape index (κ3) is 65.9. The summed E-state index contributed by atoms with van der Waals surface area (Å²) >= 11 is 0. The molecule has 0 saturated heterocycles. The Morgan fingerprint density at radius 1 is 0.583 bits per heavy atom. The molecule has 0 amide bonds. The van der Waals surface area contributed by atoms with Crippen molar-refractivity contribution in [3.63, 3.8) is 0 Å². The molecule has 0 aromatic rings. The zero-order valence-electron chi connectivity index (χ0n) is 17.8. The van der Waals surface area contributed by atoms with E-state index >= 15 is 0 Å². The van der Waals surface area contributed by atoms with Gasteiger partial charge >= 0.3 is 0 Å². The first kappa shape index (κ1) is 35.9. The third-order valence-corrected chi connectivity index (χ3v) is 6.44. The monoisotopic (exact) mass is 444 g/mol. The smallest absolute Gasteiger partial charge is 0.188 e. The molecule has 0 bridgehead atoms. The van der Waals surface area contributed by atoms with Crippen LogP contribution in [0.25, 0.3) is 0 Å². The van der Waals surface area contributed by atoms with Gasteiger partial charge in [0.05, 0.1) is 0 Å². The molecule has 4 N–H and O–H groups in total. The van der Waals surface area contributed by atoms with Crippen LogP contribution in [-0.4, -0.2) is 46.7 Å². The largest absolute Gasteiger partial charge is 0.432 e. The zero-order valence-corrected chi connectivity index (χ0v) is 21.2. The minimum Gasteiger partial charge on any atom is -0.432 e. The maximum Gasteiger partial charge on any atom is 0.188 e. The van der Waals surface area contributed by atoms with Crippen LogP contribution in [0.15, 0.2) is 0 Å². The van der Waals surface area contributed by atoms with Gasteiger partial charge in [-0.3, -0.25) is 0 Å². The van der Waals surface area contributed by atoms with Crippen LogP contribution in [0.5, 0.6) is 0 Å². The van der Waals surface area contributed by atoms with Crippen LogP contribution >= 0.6 is 0 Å². The van der Waals surface area contributed by atoms with Crippen LogP contribution in [0.4, 0.5) is 0 Å². The Bertz CT molecular complexity index is 164.